The monoisotopic (exact) mass is 329 g/mol. The first-order chi connectivity index (χ1) is 11.7. The minimum Gasteiger partial charge on any atom is -0.493 e. The molecule has 0 fully saturated rings. The molecule has 126 valence electrons. The van der Waals surface area contributed by atoms with Crippen molar-refractivity contribution >= 4 is 17.6 Å². The van der Waals surface area contributed by atoms with Crippen molar-refractivity contribution < 1.29 is 19.1 Å². The van der Waals surface area contributed by atoms with Crippen molar-refractivity contribution in [3.8, 4) is 5.75 Å². The molecule has 1 aliphatic rings. The number of benzene rings is 1. The van der Waals surface area contributed by atoms with E-state index in [9.17, 15) is 9.59 Å². The number of esters is 1. The zero-order chi connectivity index (χ0) is 16.9. The molecule has 0 bridgehead atoms. The number of anilines is 1. The summed E-state index contributed by atoms with van der Waals surface area (Å²) in [5.41, 5.74) is 1.63. The Bertz CT molecular complexity index is 741. The van der Waals surface area contributed by atoms with Crippen molar-refractivity contribution in [1.82, 2.24) is 9.78 Å². The number of carbonyl (C=O) groups is 2. The van der Waals surface area contributed by atoms with Crippen LogP contribution in [0.25, 0.3) is 0 Å². The molecule has 1 aromatic carbocycles. The van der Waals surface area contributed by atoms with Gasteiger partial charge < -0.3 is 14.8 Å². The summed E-state index contributed by atoms with van der Waals surface area (Å²) in [4.78, 5) is 23.5. The van der Waals surface area contributed by atoms with E-state index < -0.39 is 5.97 Å². The SMILES string of the molecule is COC(=O)Cn1cc(NC(=O)CC2CCOc3ccccc32)cn1. The van der Waals surface area contributed by atoms with Crippen molar-refractivity contribution in [2.45, 2.75) is 25.3 Å². The Morgan fingerprint density at radius 2 is 2.25 bits per heavy atom. The van der Waals surface area contributed by atoms with Gasteiger partial charge in [-0.15, -0.1) is 0 Å². The molecule has 0 saturated heterocycles. The van der Waals surface area contributed by atoms with E-state index in [0.29, 0.717) is 18.7 Å². The van der Waals surface area contributed by atoms with Crippen molar-refractivity contribution in [1.29, 1.82) is 0 Å². The van der Waals surface area contributed by atoms with Crippen molar-refractivity contribution in [3.63, 3.8) is 0 Å². The molecule has 1 N–H and O–H groups in total. The lowest BCUT2D eigenvalue weighted by Gasteiger charge is -2.25. The Labute approximate surface area is 139 Å². The fourth-order valence-corrected chi connectivity index (χ4v) is 2.78. The summed E-state index contributed by atoms with van der Waals surface area (Å²) in [6, 6.07) is 7.81. The van der Waals surface area contributed by atoms with Gasteiger partial charge in [-0.2, -0.15) is 5.10 Å². The highest BCUT2D eigenvalue weighted by Crippen LogP contribution is 2.35. The Balaban J connectivity index is 1.60. The maximum atomic E-state index is 12.3. The van der Waals surface area contributed by atoms with Gasteiger partial charge in [0, 0.05) is 12.6 Å². The average Bonchev–Trinajstić information content (AvgIpc) is 3.01. The van der Waals surface area contributed by atoms with Crippen LogP contribution in [0.1, 0.15) is 24.3 Å². The van der Waals surface area contributed by atoms with E-state index in [2.05, 4.69) is 15.2 Å². The summed E-state index contributed by atoms with van der Waals surface area (Å²) >= 11 is 0. The van der Waals surface area contributed by atoms with E-state index in [0.717, 1.165) is 17.7 Å². The van der Waals surface area contributed by atoms with Crippen LogP contribution < -0.4 is 10.1 Å². The summed E-state index contributed by atoms with van der Waals surface area (Å²) in [5.74, 6) is 0.511. The third-order valence-corrected chi connectivity index (χ3v) is 3.95. The molecule has 0 radical (unpaired) electrons. The molecule has 2 aromatic rings. The summed E-state index contributed by atoms with van der Waals surface area (Å²) in [5, 5.41) is 6.84. The first-order valence-electron chi connectivity index (χ1n) is 7.76. The van der Waals surface area contributed by atoms with Crippen molar-refractivity contribution in [2.24, 2.45) is 0 Å². The molecule has 2 heterocycles. The molecule has 1 aromatic heterocycles. The highest BCUT2D eigenvalue weighted by atomic mass is 16.5. The normalized spacial score (nSPS) is 16.0. The number of fused-ring (bicyclic) bond motifs is 1. The van der Waals surface area contributed by atoms with Crippen LogP contribution in [-0.4, -0.2) is 35.4 Å². The third kappa shape index (κ3) is 3.73. The molecule has 7 nitrogen and oxygen atoms in total. The number of hydrogen-bond donors (Lipinski definition) is 1. The summed E-state index contributed by atoms with van der Waals surface area (Å²) < 4.78 is 11.6. The van der Waals surface area contributed by atoms with Crippen LogP contribution in [0.5, 0.6) is 5.75 Å². The molecule has 1 atom stereocenters. The number of carbonyl (C=O) groups excluding carboxylic acids is 2. The predicted molar refractivity (Wildman–Crippen MR) is 86.8 cm³/mol. The van der Waals surface area contributed by atoms with Gasteiger partial charge in [0.25, 0.3) is 0 Å². The Morgan fingerprint density at radius 3 is 3.08 bits per heavy atom. The minimum atomic E-state index is -0.394. The fourth-order valence-electron chi connectivity index (χ4n) is 2.78. The van der Waals surface area contributed by atoms with Crippen LogP contribution in [-0.2, 0) is 20.9 Å². The van der Waals surface area contributed by atoms with Gasteiger partial charge in [0.05, 0.1) is 25.6 Å². The second-order valence-corrected chi connectivity index (χ2v) is 5.63. The molecule has 0 aliphatic carbocycles. The molecule has 24 heavy (non-hydrogen) atoms. The Morgan fingerprint density at radius 1 is 1.42 bits per heavy atom. The molecule has 0 spiro atoms. The number of methoxy groups -OCH3 is 1. The molecule has 3 rings (SSSR count). The van der Waals surface area contributed by atoms with Crippen LogP contribution in [0.15, 0.2) is 36.7 Å². The number of amides is 1. The van der Waals surface area contributed by atoms with E-state index in [-0.39, 0.29) is 18.4 Å². The van der Waals surface area contributed by atoms with Gasteiger partial charge >= 0.3 is 5.97 Å². The first kappa shape index (κ1) is 16.0. The maximum Gasteiger partial charge on any atom is 0.327 e. The van der Waals surface area contributed by atoms with E-state index in [4.69, 9.17) is 4.74 Å². The van der Waals surface area contributed by atoms with Crippen LogP contribution in [0.4, 0.5) is 5.69 Å². The van der Waals surface area contributed by atoms with Crippen molar-refractivity contribution in [3.05, 3.63) is 42.2 Å². The molecular formula is C17H19N3O4. The highest BCUT2D eigenvalue weighted by molar-refractivity contribution is 5.91. The number of aromatic nitrogens is 2. The molecule has 1 aliphatic heterocycles. The van der Waals surface area contributed by atoms with E-state index in [1.807, 2.05) is 24.3 Å². The number of nitrogens with zero attached hydrogens (tertiary/aromatic N) is 2. The average molecular weight is 329 g/mol. The van der Waals surface area contributed by atoms with Gasteiger partial charge in [-0.3, -0.25) is 14.3 Å². The van der Waals surface area contributed by atoms with Crippen LogP contribution in [0, 0.1) is 0 Å². The molecule has 1 unspecified atom stereocenters. The van der Waals surface area contributed by atoms with Gasteiger partial charge in [0.15, 0.2) is 0 Å². The zero-order valence-corrected chi connectivity index (χ0v) is 13.4. The van der Waals surface area contributed by atoms with E-state index in [1.165, 1.54) is 18.0 Å². The van der Waals surface area contributed by atoms with E-state index >= 15 is 0 Å². The molecule has 1 amide bonds. The zero-order valence-electron chi connectivity index (χ0n) is 13.4. The molecule has 7 heteroatoms. The van der Waals surface area contributed by atoms with Gasteiger partial charge in [0.2, 0.25) is 5.91 Å². The molecular weight excluding hydrogens is 310 g/mol. The number of ether oxygens (including phenoxy) is 2. The minimum absolute atomic E-state index is 0.0136. The van der Waals surface area contributed by atoms with Crippen molar-refractivity contribution in [2.75, 3.05) is 19.0 Å². The lowest BCUT2D eigenvalue weighted by atomic mass is 9.90. The van der Waals surface area contributed by atoms with Gasteiger partial charge in [0.1, 0.15) is 12.3 Å². The van der Waals surface area contributed by atoms with Crippen LogP contribution in [0.3, 0.4) is 0 Å². The smallest absolute Gasteiger partial charge is 0.327 e. The number of hydrogen-bond acceptors (Lipinski definition) is 5. The fraction of sp³-hybridized carbons (Fsp3) is 0.353. The summed E-state index contributed by atoms with van der Waals surface area (Å²) in [6.07, 6.45) is 4.31. The molecule has 0 saturated carbocycles. The van der Waals surface area contributed by atoms with E-state index in [1.54, 1.807) is 6.20 Å². The van der Waals surface area contributed by atoms with Crippen LogP contribution in [0.2, 0.25) is 0 Å². The van der Waals surface area contributed by atoms with Gasteiger partial charge in [-0.1, -0.05) is 18.2 Å². The van der Waals surface area contributed by atoms with Gasteiger partial charge in [-0.05, 0) is 24.0 Å². The van der Waals surface area contributed by atoms with Crippen LogP contribution >= 0.6 is 0 Å². The largest absolute Gasteiger partial charge is 0.493 e. The second-order valence-electron chi connectivity index (χ2n) is 5.63. The second kappa shape index (κ2) is 7.16. The standard InChI is InChI=1S/C17H19N3O4/c1-23-17(22)11-20-10-13(9-18-20)19-16(21)8-12-6-7-24-15-5-3-2-4-14(12)15/h2-5,9-10,12H,6-8,11H2,1H3,(H,19,21). The number of para-hydroxylation sites is 1. The highest BCUT2D eigenvalue weighted by Gasteiger charge is 2.23. The third-order valence-electron chi connectivity index (χ3n) is 3.95. The lowest BCUT2D eigenvalue weighted by molar-refractivity contribution is -0.141. The predicted octanol–water partition coefficient (Wildman–Crippen LogP) is 1.95. The Hall–Kier alpha value is -2.83. The number of rotatable bonds is 5. The topological polar surface area (TPSA) is 82.5 Å². The first-order valence-corrected chi connectivity index (χ1v) is 7.76. The Kier molecular flexibility index (Phi) is 4.79. The summed E-state index contributed by atoms with van der Waals surface area (Å²) in [7, 11) is 1.32. The quantitative estimate of drug-likeness (QED) is 0.848. The summed E-state index contributed by atoms with van der Waals surface area (Å²) in [6.45, 7) is 0.631. The lowest BCUT2D eigenvalue weighted by Crippen LogP contribution is -2.20. The van der Waals surface area contributed by atoms with Gasteiger partial charge in [-0.25, -0.2) is 0 Å². The maximum absolute atomic E-state index is 12.3. The number of nitrogens with one attached hydrogen (secondary N) is 1.